The maximum Gasteiger partial charge on any atom is 0.251 e. The molecule has 1 aliphatic rings. The molecule has 2 N–H and O–H groups in total. The van der Waals surface area contributed by atoms with Gasteiger partial charge in [0.2, 0.25) is 5.91 Å². The molecule has 1 aromatic rings. The zero-order chi connectivity index (χ0) is 15.8. The summed E-state index contributed by atoms with van der Waals surface area (Å²) in [7, 11) is 0. The second-order valence-corrected chi connectivity index (χ2v) is 5.45. The zero-order valence-corrected chi connectivity index (χ0v) is 13.1. The van der Waals surface area contributed by atoms with Crippen LogP contribution in [0.1, 0.15) is 43.0 Å². The highest BCUT2D eigenvalue weighted by atomic mass is 16.2. The van der Waals surface area contributed by atoms with E-state index < -0.39 is 0 Å². The van der Waals surface area contributed by atoms with Gasteiger partial charge in [0.1, 0.15) is 5.82 Å². The van der Waals surface area contributed by atoms with Gasteiger partial charge < -0.3 is 15.5 Å². The van der Waals surface area contributed by atoms with Crippen LogP contribution >= 0.6 is 0 Å². The molecule has 2 rings (SSSR count). The number of rotatable bonds is 8. The lowest BCUT2D eigenvalue weighted by molar-refractivity contribution is -0.127. The van der Waals surface area contributed by atoms with Crippen LogP contribution in [0.15, 0.2) is 18.3 Å². The number of pyridine rings is 1. The monoisotopic (exact) mass is 304 g/mol. The average molecular weight is 304 g/mol. The first-order valence-corrected chi connectivity index (χ1v) is 7.96. The summed E-state index contributed by atoms with van der Waals surface area (Å²) in [6.45, 7) is 5.09. The number of carbonyl (C=O) groups excluding carboxylic acids is 2. The van der Waals surface area contributed by atoms with Crippen LogP contribution in [0.25, 0.3) is 0 Å². The third-order valence-corrected chi connectivity index (χ3v) is 3.64. The van der Waals surface area contributed by atoms with Crippen LogP contribution in [-0.2, 0) is 4.79 Å². The van der Waals surface area contributed by atoms with Crippen molar-refractivity contribution in [3.05, 3.63) is 23.9 Å². The molecule has 1 saturated heterocycles. The van der Waals surface area contributed by atoms with Crippen molar-refractivity contribution in [2.45, 2.75) is 32.6 Å². The van der Waals surface area contributed by atoms with E-state index in [2.05, 4.69) is 15.6 Å². The summed E-state index contributed by atoms with van der Waals surface area (Å²) < 4.78 is 0. The van der Waals surface area contributed by atoms with Crippen molar-refractivity contribution in [2.24, 2.45) is 0 Å². The molecule has 2 heterocycles. The summed E-state index contributed by atoms with van der Waals surface area (Å²) in [5, 5.41) is 6.05. The Balaban J connectivity index is 1.75. The van der Waals surface area contributed by atoms with E-state index in [4.69, 9.17) is 0 Å². The van der Waals surface area contributed by atoms with E-state index in [1.54, 1.807) is 18.3 Å². The van der Waals surface area contributed by atoms with Gasteiger partial charge in [-0.05, 0) is 31.4 Å². The molecule has 1 aromatic heterocycles. The average Bonchev–Trinajstić information content (AvgIpc) is 2.94. The Kier molecular flexibility index (Phi) is 6.18. The maximum absolute atomic E-state index is 11.9. The van der Waals surface area contributed by atoms with Gasteiger partial charge in [-0.15, -0.1) is 0 Å². The van der Waals surface area contributed by atoms with E-state index in [1.807, 2.05) is 11.8 Å². The number of anilines is 1. The fraction of sp³-hybridized carbons (Fsp3) is 0.562. The third-order valence-electron chi connectivity index (χ3n) is 3.64. The topological polar surface area (TPSA) is 74.3 Å². The first-order valence-electron chi connectivity index (χ1n) is 7.96. The van der Waals surface area contributed by atoms with E-state index in [-0.39, 0.29) is 11.8 Å². The highest BCUT2D eigenvalue weighted by molar-refractivity contribution is 5.94. The Morgan fingerprint density at radius 3 is 3.00 bits per heavy atom. The van der Waals surface area contributed by atoms with Gasteiger partial charge in [-0.3, -0.25) is 9.59 Å². The van der Waals surface area contributed by atoms with Gasteiger partial charge in [-0.1, -0.05) is 6.92 Å². The van der Waals surface area contributed by atoms with E-state index in [9.17, 15) is 9.59 Å². The van der Waals surface area contributed by atoms with Crippen LogP contribution < -0.4 is 10.6 Å². The minimum atomic E-state index is -0.0741. The minimum Gasteiger partial charge on any atom is -0.370 e. The van der Waals surface area contributed by atoms with E-state index in [0.717, 1.165) is 38.9 Å². The van der Waals surface area contributed by atoms with Gasteiger partial charge in [-0.25, -0.2) is 4.98 Å². The highest BCUT2D eigenvalue weighted by Gasteiger charge is 2.18. The summed E-state index contributed by atoms with van der Waals surface area (Å²) in [5.41, 5.74) is 0.612. The Labute approximate surface area is 131 Å². The quantitative estimate of drug-likeness (QED) is 0.716. The summed E-state index contributed by atoms with van der Waals surface area (Å²) in [6.07, 6.45) is 5.08. The standard InChI is InChI=1S/C16H24N4O2/c1-2-7-19-16(22)13-6-9-18-14(12-13)17-8-4-11-20-10-3-5-15(20)21/h6,9,12H,2-5,7-8,10-11H2,1H3,(H,17,18)(H,19,22). The van der Waals surface area contributed by atoms with Gasteiger partial charge in [0.15, 0.2) is 0 Å². The molecule has 6 nitrogen and oxygen atoms in total. The van der Waals surface area contributed by atoms with Gasteiger partial charge in [-0.2, -0.15) is 0 Å². The largest absolute Gasteiger partial charge is 0.370 e. The molecule has 0 radical (unpaired) electrons. The highest BCUT2D eigenvalue weighted by Crippen LogP contribution is 2.10. The second kappa shape index (κ2) is 8.36. The molecule has 22 heavy (non-hydrogen) atoms. The van der Waals surface area contributed by atoms with Gasteiger partial charge in [0.25, 0.3) is 5.91 Å². The summed E-state index contributed by atoms with van der Waals surface area (Å²) in [5.74, 6) is 0.875. The van der Waals surface area contributed by atoms with E-state index >= 15 is 0 Å². The number of carbonyl (C=O) groups is 2. The predicted octanol–water partition coefficient (Wildman–Crippen LogP) is 1.65. The molecule has 0 aromatic carbocycles. The number of amides is 2. The summed E-state index contributed by atoms with van der Waals surface area (Å²) in [6, 6.07) is 3.46. The molecular formula is C16H24N4O2. The molecular weight excluding hydrogens is 280 g/mol. The zero-order valence-electron chi connectivity index (χ0n) is 13.1. The summed E-state index contributed by atoms with van der Waals surface area (Å²) >= 11 is 0. The summed E-state index contributed by atoms with van der Waals surface area (Å²) in [4.78, 5) is 29.5. The van der Waals surface area contributed by atoms with Crippen LogP contribution in [0.3, 0.4) is 0 Å². The van der Waals surface area contributed by atoms with Gasteiger partial charge >= 0.3 is 0 Å². The van der Waals surface area contributed by atoms with Crippen LogP contribution in [0.2, 0.25) is 0 Å². The Morgan fingerprint density at radius 2 is 2.27 bits per heavy atom. The molecule has 0 saturated carbocycles. The number of aromatic nitrogens is 1. The molecule has 2 amide bonds. The van der Waals surface area contributed by atoms with E-state index in [0.29, 0.717) is 24.3 Å². The second-order valence-electron chi connectivity index (χ2n) is 5.45. The molecule has 1 fully saturated rings. The van der Waals surface area contributed by atoms with Crippen molar-refractivity contribution in [3.63, 3.8) is 0 Å². The normalized spacial score (nSPS) is 14.2. The number of nitrogens with zero attached hydrogens (tertiary/aromatic N) is 2. The predicted molar refractivity (Wildman–Crippen MR) is 85.8 cm³/mol. The Hall–Kier alpha value is -2.11. The fourth-order valence-corrected chi connectivity index (χ4v) is 2.44. The molecule has 0 unspecified atom stereocenters. The number of nitrogens with one attached hydrogen (secondary N) is 2. The molecule has 0 bridgehead atoms. The SMILES string of the molecule is CCCNC(=O)c1ccnc(NCCCN2CCCC2=O)c1. The first-order chi connectivity index (χ1) is 10.7. The lowest BCUT2D eigenvalue weighted by Gasteiger charge is -2.15. The fourth-order valence-electron chi connectivity index (χ4n) is 2.44. The van der Waals surface area contributed by atoms with Crippen LogP contribution in [0.5, 0.6) is 0 Å². The third kappa shape index (κ3) is 4.72. The van der Waals surface area contributed by atoms with Crippen molar-refractivity contribution >= 4 is 17.6 Å². The van der Waals surface area contributed by atoms with Gasteiger partial charge in [0.05, 0.1) is 0 Å². The Bertz CT molecular complexity index is 519. The van der Waals surface area contributed by atoms with Crippen molar-refractivity contribution in [1.29, 1.82) is 0 Å². The van der Waals surface area contributed by atoms with Crippen molar-refractivity contribution in [3.8, 4) is 0 Å². The number of hydrogen-bond acceptors (Lipinski definition) is 4. The van der Waals surface area contributed by atoms with Gasteiger partial charge in [0, 0.05) is 44.4 Å². The van der Waals surface area contributed by atoms with Crippen molar-refractivity contribution < 1.29 is 9.59 Å². The maximum atomic E-state index is 11.9. The molecule has 0 atom stereocenters. The number of hydrogen-bond donors (Lipinski definition) is 2. The first kappa shape index (κ1) is 16.3. The van der Waals surface area contributed by atoms with Crippen molar-refractivity contribution in [1.82, 2.24) is 15.2 Å². The molecule has 0 aliphatic carbocycles. The smallest absolute Gasteiger partial charge is 0.251 e. The molecule has 1 aliphatic heterocycles. The lowest BCUT2D eigenvalue weighted by atomic mass is 10.2. The van der Waals surface area contributed by atoms with E-state index in [1.165, 1.54) is 0 Å². The lowest BCUT2D eigenvalue weighted by Crippen LogP contribution is -2.27. The van der Waals surface area contributed by atoms with Crippen LogP contribution in [0.4, 0.5) is 5.82 Å². The molecule has 0 spiro atoms. The molecule has 120 valence electrons. The minimum absolute atomic E-state index is 0.0741. The molecule has 6 heteroatoms. The van der Waals surface area contributed by atoms with Crippen LogP contribution in [-0.4, -0.2) is 47.9 Å². The Morgan fingerprint density at radius 1 is 1.41 bits per heavy atom. The number of likely N-dealkylation sites (tertiary alicyclic amines) is 1. The van der Waals surface area contributed by atoms with Crippen LogP contribution in [0, 0.1) is 0 Å². The van der Waals surface area contributed by atoms with Crippen molar-refractivity contribution in [2.75, 3.05) is 31.5 Å².